The highest BCUT2D eigenvalue weighted by atomic mass is 32.2. The van der Waals surface area contributed by atoms with Gasteiger partial charge in [-0.15, -0.1) is 0 Å². The van der Waals surface area contributed by atoms with Crippen molar-refractivity contribution < 1.29 is 17.9 Å². The molecule has 1 saturated heterocycles. The number of piperazine rings is 1. The fraction of sp³-hybridized carbons (Fsp3) is 0.417. The van der Waals surface area contributed by atoms with Gasteiger partial charge < -0.3 is 10.1 Å². The lowest BCUT2D eigenvalue weighted by molar-refractivity contribution is 0.187. The zero-order chi connectivity index (χ0) is 15.3. The topological polar surface area (TPSA) is 99.8 Å². The zero-order valence-corrected chi connectivity index (χ0v) is 12.4. The van der Waals surface area contributed by atoms with E-state index in [1.165, 1.54) is 17.5 Å². The summed E-state index contributed by atoms with van der Waals surface area (Å²) >= 11 is 0. The molecule has 3 N–H and O–H groups in total. The third-order valence-electron chi connectivity index (χ3n) is 2.96. The Bertz CT molecular complexity index is 599. The van der Waals surface area contributed by atoms with Crippen LogP contribution in [-0.4, -0.2) is 52.1 Å². The quantitative estimate of drug-likeness (QED) is 0.748. The summed E-state index contributed by atoms with van der Waals surface area (Å²) in [6, 6.07) is 6.42. The first-order valence-corrected chi connectivity index (χ1v) is 7.89. The molecule has 0 aromatic heterocycles. The van der Waals surface area contributed by atoms with Gasteiger partial charge in [-0.2, -0.15) is 12.7 Å². The van der Waals surface area contributed by atoms with Gasteiger partial charge in [-0.3, -0.25) is 10.0 Å². The Morgan fingerprint density at radius 3 is 2.62 bits per heavy atom. The van der Waals surface area contributed by atoms with Gasteiger partial charge in [-0.05, 0) is 18.2 Å². The maximum Gasteiger partial charge on any atom is 0.411 e. The minimum atomic E-state index is -3.59. The van der Waals surface area contributed by atoms with E-state index in [4.69, 9.17) is 0 Å². The smallest absolute Gasteiger partial charge is 0.411 e. The third-order valence-corrected chi connectivity index (χ3v) is 4.50. The molecule has 21 heavy (non-hydrogen) atoms. The summed E-state index contributed by atoms with van der Waals surface area (Å²) in [5.74, 6) is 0. The highest BCUT2D eigenvalue weighted by Gasteiger charge is 2.23. The molecule has 1 aromatic carbocycles. The van der Waals surface area contributed by atoms with E-state index in [0.29, 0.717) is 37.6 Å². The van der Waals surface area contributed by atoms with E-state index in [0.717, 1.165) is 0 Å². The Morgan fingerprint density at radius 1 is 1.29 bits per heavy atom. The second-order valence-electron chi connectivity index (χ2n) is 4.45. The van der Waals surface area contributed by atoms with Crippen LogP contribution in [0, 0.1) is 0 Å². The van der Waals surface area contributed by atoms with Crippen molar-refractivity contribution in [3.63, 3.8) is 0 Å². The number of nitrogens with one attached hydrogen (secondary N) is 3. The number of benzene rings is 1. The van der Waals surface area contributed by atoms with Crippen LogP contribution in [0.15, 0.2) is 24.3 Å². The normalized spacial score (nSPS) is 16.2. The van der Waals surface area contributed by atoms with Gasteiger partial charge in [-0.1, -0.05) is 6.07 Å². The molecule has 116 valence electrons. The number of rotatable bonds is 4. The molecule has 0 unspecified atom stereocenters. The van der Waals surface area contributed by atoms with E-state index in [1.807, 2.05) is 0 Å². The number of hydrogen-bond donors (Lipinski definition) is 3. The molecule has 0 spiro atoms. The predicted molar refractivity (Wildman–Crippen MR) is 79.5 cm³/mol. The number of carbonyl (C=O) groups is 1. The maximum absolute atomic E-state index is 12.2. The van der Waals surface area contributed by atoms with Gasteiger partial charge in [0.15, 0.2) is 0 Å². The van der Waals surface area contributed by atoms with Crippen molar-refractivity contribution in [1.29, 1.82) is 0 Å². The van der Waals surface area contributed by atoms with Gasteiger partial charge in [0.05, 0.1) is 12.8 Å². The molecular weight excluding hydrogens is 296 g/mol. The molecule has 1 fully saturated rings. The molecule has 9 heteroatoms. The highest BCUT2D eigenvalue weighted by Crippen LogP contribution is 2.17. The van der Waals surface area contributed by atoms with Crippen LogP contribution in [0.5, 0.6) is 0 Å². The summed E-state index contributed by atoms with van der Waals surface area (Å²) in [5.41, 5.74) is 0.824. The van der Waals surface area contributed by atoms with E-state index >= 15 is 0 Å². The van der Waals surface area contributed by atoms with E-state index in [9.17, 15) is 13.2 Å². The Hall–Kier alpha value is -1.84. The monoisotopic (exact) mass is 314 g/mol. The molecule has 1 aromatic rings. The van der Waals surface area contributed by atoms with Crippen LogP contribution in [0.1, 0.15) is 0 Å². The van der Waals surface area contributed by atoms with E-state index in [1.54, 1.807) is 18.2 Å². The van der Waals surface area contributed by atoms with Crippen molar-refractivity contribution >= 4 is 27.7 Å². The number of methoxy groups -OCH3 is 1. The molecule has 1 aliphatic heterocycles. The van der Waals surface area contributed by atoms with Gasteiger partial charge in [0.25, 0.3) is 0 Å². The summed E-state index contributed by atoms with van der Waals surface area (Å²) in [6.45, 7) is 2.11. The minimum absolute atomic E-state index is 0.377. The van der Waals surface area contributed by atoms with Crippen molar-refractivity contribution in [2.24, 2.45) is 0 Å². The summed E-state index contributed by atoms with van der Waals surface area (Å²) in [4.78, 5) is 11.1. The SMILES string of the molecule is COC(=O)Nc1cccc(NS(=O)(=O)N2CCNCC2)c1. The van der Waals surface area contributed by atoms with Gasteiger partial charge in [0.2, 0.25) is 0 Å². The van der Waals surface area contributed by atoms with Gasteiger partial charge in [-0.25, -0.2) is 4.79 Å². The van der Waals surface area contributed by atoms with Crippen molar-refractivity contribution in [2.75, 3.05) is 43.3 Å². The molecule has 0 bridgehead atoms. The van der Waals surface area contributed by atoms with Crippen LogP contribution in [0.2, 0.25) is 0 Å². The number of nitrogens with zero attached hydrogens (tertiary/aromatic N) is 1. The number of anilines is 2. The Kier molecular flexibility index (Phi) is 4.99. The first-order valence-electron chi connectivity index (χ1n) is 6.45. The molecule has 2 rings (SSSR count). The molecule has 0 radical (unpaired) electrons. The molecular formula is C12H18N4O4S. The number of ether oxygens (including phenoxy) is 1. The average molecular weight is 314 g/mol. The molecule has 0 aliphatic carbocycles. The number of carbonyl (C=O) groups excluding carboxylic acids is 1. The first kappa shape index (κ1) is 15.5. The van der Waals surface area contributed by atoms with Gasteiger partial charge in [0.1, 0.15) is 0 Å². The third kappa shape index (κ3) is 4.31. The first-order chi connectivity index (χ1) is 10.0. The largest absolute Gasteiger partial charge is 0.453 e. The Balaban J connectivity index is 2.08. The second kappa shape index (κ2) is 6.74. The van der Waals surface area contributed by atoms with E-state index < -0.39 is 16.3 Å². The van der Waals surface area contributed by atoms with Crippen LogP contribution in [0.3, 0.4) is 0 Å². The average Bonchev–Trinajstić information content (AvgIpc) is 2.48. The summed E-state index contributed by atoms with van der Waals surface area (Å²) < 4.78 is 32.8. The van der Waals surface area contributed by atoms with E-state index in [2.05, 4.69) is 20.1 Å². The van der Waals surface area contributed by atoms with Gasteiger partial charge in [0, 0.05) is 31.9 Å². The van der Waals surface area contributed by atoms with Crippen LogP contribution in [0.4, 0.5) is 16.2 Å². The fourth-order valence-electron chi connectivity index (χ4n) is 1.93. The van der Waals surface area contributed by atoms with Gasteiger partial charge >= 0.3 is 16.3 Å². The van der Waals surface area contributed by atoms with Crippen LogP contribution >= 0.6 is 0 Å². The minimum Gasteiger partial charge on any atom is -0.453 e. The molecule has 8 nitrogen and oxygen atoms in total. The molecule has 0 atom stereocenters. The predicted octanol–water partition coefficient (Wildman–Crippen LogP) is 0.427. The molecule has 1 heterocycles. The lowest BCUT2D eigenvalue weighted by Gasteiger charge is -2.26. The zero-order valence-electron chi connectivity index (χ0n) is 11.6. The van der Waals surface area contributed by atoms with Crippen LogP contribution < -0.4 is 15.4 Å². The fourth-order valence-corrected chi connectivity index (χ4v) is 3.14. The van der Waals surface area contributed by atoms with Crippen molar-refractivity contribution in [3.05, 3.63) is 24.3 Å². The highest BCUT2D eigenvalue weighted by molar-refractivity contribution is 7.90. The Labute approximate surface area is 123 Å². The summed E-state index contributed by atoms with van der Waals surface area (Å²) in [6.07, 6.45) is -0.614. The number of amides is 1. The van der Waals surface area contributed by atoms with Crippen molar-refractivity contribution in [3.8, 4) is 0 Å². The van der Waals surface area contributed by atoms with Crippen molar-refractivity contribution in [1.82, 2.24) is 9.62 Å². The number of hydrogen-bond acceptors (Lipinski definition) is 5. The van der Waals surface area contributed by atoms with Crippen LogP contribution in [0.25, 0.3) is 0 Å². The standard InChI is InChI=1S/C12H18N4O4S/c1-20-12(17)14-10-3-2-4-11(9-10)15-21(18,19)16-7-5-13-6-8-16/h2-4,9,13,15H,5-8H2,1H3,(H,14,17). The summed E-state index contributed by atoms with van der Waals surface area (Å²) in [7, 11) is -2.33. The lowest BCUT2D eigenvalue weighted by Crippen LogP contribution is -2.48. The van der Waals surface area contributed by atoms with E-state index in [-0.39, 0.29) is 0 Å². The summed E-state index contributed by atoms with van der Waals surface area (Å²) in [5, 5.41) is 5.57. The molecule has 0 saturated carbocycles. The maximum atomic E-state index is 12.2. The molecule has 1 amide bonds. The van der Waals surface area contributed by atoms with Crippen LogP contribution in [-0.2, 0) is 14.9 Å². The lowest BCUT2D eigenvalue weighted by atomic mass is 10.3. The second-order valence-corrected chi connectivity index (χ2v) is 6.12. The Morgan fingerprint density at radius 2 is 1.95 bits per heavy atom. The molecule has 1 aliphatic rings. The van der Waals surface area contributed by atoms with Crippen molar-refractivity contribution in [2.45, 2.75) is 0 Å².